The number of carbonyl (C=O) groups is 1. The third-order valence-corrected chi connectivity index (χ3v) is 8.04. The molecule has 3 aromatic heterocycles. The van der Waals surface area contributed by atoms with Gasteiger partial charge >= 0.3 is 0 Å². The Morgan fingerprint density at radius 3 is 2.69 bits per heavy atom. The average molecular weight is 448 g/mol. The predicted molar refractivity (Wildman–Crippen MR) is 123 cm³/mol. The highest BCUT2D eigenvalue weighted by Gasteiger charge is 2.26. The summed E-state index contributed by atoms with van der Waals surface area (Å²) in [4.78, 5) is 34.5. The number of thiophene rings is 2. The molecule has 0 radical (unpaired) electrons. The standard InChI is InChI=1S/C21H25N3O2S3/c1-4-24-20(26)18-15(16-6-5-7-27-16)11-28-19(18)22-21(24)29-12-17(25)23-9-13(2)8-14(3)10-23/h5-7,11,13-14H,4,8-10,12H2,1-3H3. The van der Waals surface area contributed by atoms with E-state index in [1.54, 1.807) is 15.9 Å². The van der Waals surface area contributed by atoms with Crippen LogP contribution in [0.15, 0.2) is 32.8 Å². The highest BCUT2D eigenvalue weighted by Crippen LogP contribution is 2.34. The van der Waals surface area contributed by atoms with Gasteiger partial charge in [-0.3, -0.25) is 14.2 Å². The van der Waals surface area contributed by atoms with Gasteiger partial charge in [0.25, 0.3) is 5.56 Å². The van der Waals surface area contributed by atoms with Crippen LogP contribution in [0.1, 0.15) is 27.2 Å². The zero-order valence-corrected chi connectivity index (χ0v) is 19.3. The molecule has 1 fully saturated rings. The minimum Gasteiger partial charge on any atom is -0.341 e. The Hall–Kier alpha value is -1.64. The number of thioether (sulfide) groups is 1. The second-order valence-electron chi connectivity index (χ2n) is 7.78. The Balaban J connectivity index is 1.59. The van der Waals surface area contributed by atoms with E-state index in [1.165, 1.54) is 29.5 Å². The summed E-state index contributed by atoms with van der Waals surface area (Å²) >= 11 is 4.51. The Morgan fingerprint density at radius 2 is 2.03 bits per heavy atom. The number of hydrogen-bond donors (Lipinski definition) is 0. The zero-order valence-electron chi connectivity index (χ0n) is 16.9. The fraction of sp³-hybridized carbons (Fsp3) is 0.476. The fourth-order valence-corrected chi connectivity index (χ4v) is 6.86. The molecule has 3 aromatic rings. The van der Waals surface area contributed by atoms with Gasteiger partial charge in [-0.15, -0.1) is 22.7 Å². The van der Waals surface area contributed by atoms with E-state index >= 15 is 0 Å². The normalized spacial score (nSPS) is 19.8. The van der Waals surface area contributed by atoms with Crippen LogP contribution in [0.2, 0.25) is 0 Å². The van der Waals surface area contributed by atoms with E-state index in [1.807, 2.05) is 34.7 Å². The number of aromatic nitrogens is 2. The van der Waals surface area contributed by atoms with Crippen LogP contribution in [0.3, 0.4) is 0 Å². The molecular weight excluding hydrogens is 422 g/mol. The highest BCUT2D eigenvalue weighted by molar-refractivity contribution is 7.99. The summed E-state index contributed by atoms with van der Waals surface area (Å²) in [6, 6.07) is 4.03. The summed E-state index contributed by atoms with van der Waals surface area (Å²) in [7, 11) is 0. The lowest BCUT2D eigenvalue weighted by atomic mass is 9.92. The first kappa shape index (κ1) is 20.6. The molecular formula is C21H25N3O2S3. The third kappa shape index (κ3) is 4.15. The summed E-state index contributed by atoms with van der Waals surface area (Å²) in [6.07, 6.45) is 1.18. The van der Waals surface area contributed by atoms with Gasteiger partial charge in [0.15, 0.2) is 5.16 Å². The van der Waals surface area contributed by atoms with Crippen LogP contribution in [-0.2, 0) is 11.3 Å². The number of fused-ring (bicyclic) bond motifs is 1. The van der Waals surface area contributed by atoms with Crippen LogP contribution in [0.25, 0.3) is 20.7 Å². The summed E-state index contributed by atoms with van der Waals surface area (Å²) in [5, 5.41) is 5.36. The number of piperidine rings is 1. The van der Waals surface area contributed by atoms with Crippen molar-refractivity contribution in [2.24, 2.45) is 11.8 Å². The van der Waals surface area contributed by atoms with E-state index in [-0.39, 0.29) is 11.5 Å². The fourth-order valence-electron chi connectivity index (χ4n) is 4.09. The molecule has 154 valence electrons. The Kier molecular flexibility index (Phi) is 6.13. The SMILES string of the molecule is CCn1c(SCC(=O)N2CC(C)CC(C)C2)nc2scc(-c3cccs3)c2c1=O. The molecule has 8 heteroatoms. The summed E-state index contributed by atoms with van der Waals surface area (Å²) < 4.78 is 1.70. The van der Waals surface area contributed by atoms with Gasteiger partial charge in [-0.25, -0.2) is 4.98 Å². The van der Waals surface area contributed by atoms with Gasteiger partial charge in [-0.2, -0.15) is 0 Å². The van der Waals surface area contributed by atoms with Crippen molar-refractivity contribution in [3.8, 4) is 10.4 Å². The van der Waals surface area contributed by atoms with E-state index in [9.17, 15) is 9.59 Å². The molecule has 4 rings (SSSR count). The van der Waals surface area contributed by atoms with Crippen LogP contribution >= 0.6 is 34.4 Å². The van der Waals surface area contributed by atoms with Gasteiger partial charge in [0.05, 0.1) is 11.1 Å². The van der Waals surface area contributed by atoms with Crippen LogP contribution in [0.4, 0.5) is 0 Å². The Morgan fingerprint density at radius 1 is 1.28 bits per heavy atom. The van der Waals surface area contributed by atoms with E-state index in [2.05, 4.69) is 13.8 Å². The first-order chi connectivity index (χ1) is 14.0. The van der Waals surface area contributed by atoms with Gasteiger partial charge < -0.3 is 4.90 Å². The summed E-state index contributed by atoms with van der Waals surface area (Å²) in [5.41, 5.74) is 0.945. The molecule has 0 aromatic carbocycles. The van der Waals surface area contributed by atoms with Crippen molar-refractivity contribution in [1.29, 1.82) is 0 Å². The van der Waals surface area contributed by atoms with Gasteiger partial charge in [-0.05, 0) is 36.6 Å². The molecule has 0 N–H and O–H groups in total. The van der Waals surface area contributed by atoms with Crippen LogP contribution < -0.4 is 5.56 Å². The number of carbonyl (C=O) groups excluding carboxylic acids is 1. The largest absolute Gasteiger partial charge is 0.341 e. The van der Waals surface area contributed by atoms with Crippen molar-refractivity contribution in [3.63, 3.8) is 0 Å². The number of nitrogens with zero attached hydrogens (tertiary/aromatic N) is 3. The molecule has 0 aliphatic carbocycles. The zero-order chi connectivity index (χ0) is 20.5. The van der Waals surface area contributed by atoms with Crippen molar-refractivity contribution >= 4 is 50.6 Å². The van der Waals surface area contributed by atoms with Crippen molar-refractivity contribution in [2.75, 3.05) is 18.8 Å². The van der Waals surface area contributed by atoms with E-state index in [4.69, 9.17) is 4.98 Å². The van der Waals surface area contributed by atoms with Crippen molar-refractivity contribution in [2.45, 2.75) is 38.9 Å². The maximum atomic E-state index is 13.2. The molecule has 0 saturated carbocycles. The lowest BCUT2D eigenvalue weighted by Crippen LogP contribution is -2.43. The monoisotopic (exact) mass is 447 g/mol. The first-order valence-electron chi connectivity index (χ1n) is 9.94. The second kappa shape index (κ2) is 8.62. The third-order valence-electron chi connectivity index (χ3n) is 5.31. The quantitative estimate of drug-likeness (QED) is 0.416. The number of amides is 1. The van der Waals surface area contributed by atoms with Gasteiger partial charge in [0, 0.05) is 35.5 Å². The lowest BCUT2D eigenvalue weighted by molar-refractivity contribution is -0.130. The summed E-state index contributed by atoms with van der Waals surface area (Å²) in [6.45, 7) is 8.55. The van der Waals surface area contributed by atoms with E-state index in [0.717, 1.165) is 28.4 Å². The van der Waals surface area contributed by atoms with Crippen molar-refractivity contribution in [3.05, 3.63) is 33.2 Å². The predicted octanol–water partition coefficient (Wildman–Crippen LogP) is 4.80. The minimum absolute atomic E-state index is 0.0164. The molecule has 1 aliphatic heterocycles. The van der Waals surface area contributed by atoms with E-state index < -0.39 is 0 Å². The maximum absolute atomic E-state index is 13.2. The molecule has 2 atom stereocenters. The van der Waals surface area contributed by atoms with Crippen LogP contribution in [0.5, 0.6) is 0 Å². The molecule has 5 nitrogen and oxygen atoms in total. The first-order valence-corrected chi connectivity index (χ1v) is 12.7. The average Bonchev–Trinajstić information content (AvgIpc) is 3.34. The van der Waals surface area contributed by atoms with E-state index in [0.29, 0.717) is 34.7 Å². The number of hydrogen-bond acceptors (Lipinski definition) is 6. The molecule has 1 saturated heterocycles. The van der Waals surface area contributed by atoms with Crippen LogP contribution in [-0.4, -0.2) is 39.2 Å². The molecule has 0 spiro atoms. The topological polar surface area (TPSA) is 55.2 Å². The van der Waals surface area contributed by atoms with Gasteiger partial charge in [0.2, 0.25) is 5.91 Å². The van der Waals surface area contributed by atoms with Crippen molar-refractivity contribution < 1.29 is 4.79 Å². The van der Waals surface area contributed by atoms with Gasteiger partial charge in [0.1, 0.15) is 4.83 Å². The highest BCUT2D eigenvalue weighted by atomic mass is 32.2. The molecule has 29 heavy (non-hydrogen) atoms. The molecule has 2 unspecified atom stereocenters. The van der Waals surface area contributed by atoms with Gasteiger partial charge in [-0.1, -0.05) is 31.7 Å². The lowest BCUT2D eigenvalue weighted by Gasteiger charge is -2.35. The smallest absolute Gasteiger partial charge is 0.263 e. The minimum atomic E-state index is -0.0164. The number of likely N-dealkylation sites (tertiary alicyclic amines) is 1. The molecule has 1 amide bonds. The second-order valence-corrected chi connectivity index (χ2v) is 10.5. The molecule has 1 aliphatic rings. The van der Waals surface area contributed by atoms with Crippen molar-refractivity contribution in [1.82, 2.24) is 14.5 Å². The number of rotatable bonds is 5. The van der Waals surface area contributed by atoms with Crippen LogP contribution in [0, 0.1) is 11.8 Å². The molecule has 0 bridgehead atoms. The maximum Gasteiger partial charge on any atom is 0.263 e. The molecule has 4 heterocycles. The summed E-state index contributed by atoms with van der Waals surface area (Å²) in [5.74, 6) is 1.53. The Bertz CT molecular complexity index is 1060. The Labute approximate surface area is 182 Å².